The van der Waals surface area contributed by atoms with Crippen LogP contribution in [0.4, 0.5) is 5.69 Å². The van der Waals surface area contributed by atoms with E-state index in [1.54, 1.807) is 24.3 Å². The van der Waals surface area contributed by atoms with Crippen LogP contribution < -0.4 is 5.32 Å². The normalized spacial score (nSPS) is 11.6. The molecule has 1 amide bonds. The number of carbonyl (C=O) groups is 1. The Kier molecular flexibility index (Phi) is 5.73. The zero-order chi connectivity index (χ0) is 20.9. The summed E-state index contributed by atoms with van der Waals surface area (Å²) in [5.41, 5.74) is 3.03. The van der Waals surface area contributed by atoms with Gasteiger partial charge >= 0.3 is 0 Å². The van der Waals surface area contributed by atoms with Crippen LogP contribution in [0.25, 0.3) is 22.0 Å². The van der Waals surface area contributed by atoms with Crippen LogP contribution >= 0.6 is 11.8 Å². The van der Waals surface area contributed by atoms with Crippen molar-refractivity contribution in [3.05, 3.63) is 84.4 Å². The Labute approximate surface area is 178 Å². The summed E-state index contributed by atoms with van der Waals surface area (Å²) in [4.78, 5) is 12.7. The highest BCUT2D eigenvalue weighted by Gasteiger charge is 2.19. The standard InChI is InChI=1S/C24H18N4OS/c1-16(23(29)26-19-13-11-17(15-25)12-14-19)30-24-21-10-6-5-9-20(21)22(27-28-24)18-7-3-2-4-8-18/h2-14,16H,1H3,(H,26,29). The van der Waals surface area contributed by atoms with E-state index in [4.69, 9.17) is 5.26 Å². The fourth-order valence-corrected chi connectivity index (χ4v) is 3.96. The third-order valence-corrected chi connectivity index (χ3v) is 5.73. The van der Waals surface area contributed by atoms with Crippen LogP contribution in [-0.4, -0.2) is 21.4 Å². The molecular weight excluding hydrogens is 392 g/mol. The molecule has 0 bridgehead atoms. The van der Waals surface area contributed by atoms with Crippen molar-refractivity contribution in [3.8, 4) is 17.3 Å². The van der Waals surface area contributed by atoms with Gasteiger partial charge in [-0.15, -0.1) is 10.2 Å². The first-order chi connectivity index (χ1) is 14.7. The number of rotatable bonds is 5. The molecule has 0 aliphatic carbocycles. The van der Waals surface area contributed by atoms with E-state index >= 15 is 0 Å². The number of anilines is 1. The lowest BCUT2D eigenvalue weighted by Gasteiger charge is -2.14. The topological polar surface area (TPSA) is 78.7 Å². The number of fused-ring (bicyclic) bond motifs is 1. The zero-order valence-electron chi connectivity index (χ0n) is 16.2. The van der Waals surface area contributed by atoms with E-state index in [0.29, 0.717) is 16.3 Å². The molecule has 1 heterocycles. The summed E-state index contributed by atoms with van der Waals surface area (Å²) in [6.07, 6.45) is 0. The van der Waals surface area contributed by atoms with Crippen molar-refractivity contribution >= 4 is 34.1 Å². The van der Waals surface area contributed by atoms with Crippen molar-refractivity contribution in [2.24, 2.45) is 0 Å². The van der Waals surface area contributed by atoms with Crippen LogP contribution in [0.3, 0.4) is 0 Å². The van der Waals surface area contributed by atoms with Gasteiger partial charge < -0.3 is 5.32 Å². The van der Waals surface area contributed by atoms with Gasteiger partial charge in [-0.05, 0) is 31.2 Å². The molecule has 4 rings (SSSR count). The Balaban J connectivity index is 1.57. The van der Waals surface area contributed by atoms with E-state index in [2.05, 4.69) is 21.6 Å². The van der Waals surface area contributed by atoms with E-state index in [1.165, 1.54) is 11.8 Å². The first kappa shape index (κ1) is 19.6. The molecule has 1 unspecified atom stereocenters. The third-order valence-electron chi connectivity index (χ3n) is 4.64. The van der Waals surface area contributed by atoms with Crippen LogP contribution in [-0.2, 0) is 4.79 Å². The second-order valence-corrected chi connectivity index (χ2v) is 8.03. The maximum Gasteiger partial charge on any atom is 0.237 e. The van der Waals surface area contributed by atoms with E-state index in [1.807, 2.05) is 61.5 Å². The van der Waals surface area contributed by atoms with Crippen molar-refractivity contribution in [2.75, 3.05) is 5.32 Å². The monoisotopic (exact) mass is 410 g/mol. The Morgan fingerprint density at radius 1 is 0.933 bits per heavy atom. The summed E-state index contributed by atoms with van der Waals surface area (Å²) in [7, 11) is 0. The van der Waals surface area contributed by atoms with E-state index in [0.717, 1.165) is 22.0 Å². The van der Waals surface area contributed by atoms with Crippen molar-refractivity contribution in [2.45, 2.75) is 17.2 Å². The van der Waals surface area contributed by atoms with Gasteiger partial charge in [-0.3, -0.25) is 4.79 Å². The quantitative estimate of drug-likeness (QED) is 0.452. The lowest BCUT2D eigenvalue weighted by molar-refractivity contribution is -0.115. The highest BCUT2D eigenvalue weighted by molar-refractivity contribution is 8.00. The van der Waals surface area contributed by atoms with Crippen molar-refractivity contribution in [3.63, 3.8) is 0 Å². The van der Waals surface area contributed by atoms with Crippen LogP contribution in [0.15, 0.2) is 83.9 Å². The van der Waals surface area contributed by atoms with Gasteiger partial charge in [-0.25, -0.2) is 0 Å². The predicted molar refractivity (Wildman–Crippen MR) is 120 cm³/mol. The van der Waals surface area contributed by atoms with Crippen LogP contribution in [0.1, 0.15) is 12.5 Å². The Morgan fingerprint density at radius 3 is 2.30 bits per heavy atom. The average Bonchev–Trinajstić information content (AvgIpc) is 2.80. The predicted octanol–water partition coefficient (Wildman–Crippen LogP) is 5.29. The molecule has 0 aliphatic heterocycles. The molecule has 0 saturated carbocycles. The number of carbonyl (C=O) groups excluding carboxylic acids is 1. The smallest absolute Gasteiger partial charge is 0.237 e. The van der Waals surface area contributed by atoms with Gasteiger partial charge in [0.25, 0.3) is 0 Å². The molecule has 1 aromatic heterocycles. The Bertz CT molecular complexity index is 1230. The van der Waals surface area contributed by atoms with Gasteiger partial charge in [0.05, 0.1) is 16.9 Å². The number of nitrogens with zero attached hydrogens (tertiary/aromatic N) is 3. The molecule has 4 aromatic rings. The molecule has 146 valence electrons. The molecule has 6 heteroatoms. The Hall–Kier alpha value is -3.69. The summed E-state index contributed by atoms with van der Waals surface area (Å²) in [6, 6.07) is 26.8. The van der Waals surface area contributed by atoms with Gasteiger partial charge in [-0.1, -0.05) is 66.4 Å². The molecule has 0 spiro atoms. The largest absolute Gasteiger partial charge is 0.325 e. The van der Waals surface area contributed by atoms with Gasteiger partial charge in [0.1, 0.15) is 10.7 Å². The second-order valence-electron chi connectivity index (χ2n) is 6.70. The minimum absolute atomic E-state index is 0.136. The minimum atomic E-state index is -0.374. The highest BCUT2D eigenvalue weighted by atomic mass is 32.2. The van der Waals surface area contributed by atoms with Gasteiger partial charge in [0, 0.05) is 22.0 Å². The molecule has 0 fully saturated rings. The fourth-order valence-electron chi connectivity index (χ4n) is 3.07. The Morgan fingerprint density at radius 2 is 1.60 bits per heavy atom. The van der Waals surface area contributed by atoms with Crippen molar-refractivity contribution in [1.82, 2.24) is 10.2 Å². The van der Waals surface area contributed by atoms with Gasteiger partial charge in [0.15, 0.2) is 0 Å². The van der Waals surface area contributed by atoms with Crippen LogP contribution in [0.2, 0.25) is 0 Å². The van der Waals surface area contributed by atoms with E-state index < -0.39 is 0 Å². The molecule has 0 radical (unpaired) electrons. The van der Waals surface area contributed by atoms with Crippen molar-refractivity contribution < 1.29 is 4.79 Å². The summed E-state index contributed by atoms with van der Waals surface area (Å²) < 4.78 is 0. The molecule has 30 heavy (non-hydrogen) atoms. The molecule has 1 N–H and O–H groups in total. The SMILES string of the molecule is CC(Sc1nnc(-c2ccccc2)c2ccccc12)C(=O)Nc1ccc(C#N)cc1. The third kappa shape index (κ3) is 4.17. The molecular formula is C24H18N4OS. The van der Waals surface area contributed by atoms with Gasteiger partial charge in [-0.2, -0.15) is 5.26 Å². The second kappa shape index (κ2) is 8.76. The summed E-state index contributed by atoms with van der Waals surface area (Å²) in [5, 5.41) is 23.0. The lowest BCUT2D eigenvalue weighted by Crippen LogP contribution is -2.22. The molecule has 3 aromatic carbocycles. The first-order valence-electron chi connectivity index (χ1n) is 9.44. The fraction of sp³-hybridized carbons (Fsp3) is 0.0833. The molecule has 5 nitrogen and oxygen atoms in total. The number of nitrogens with one attached hydrogen (secondary N) is 1. The van der Waals surface area contributed by atoms with E-state index in [-0.39, 0.29) is 11.2 Å². The molecule has 1 atom stereocenters. The highest BCUT2D eigenvalue weighted by Crippen LogP contribution is 2.33. The zero-order valence-corrected chi connectivity index (χ0v) is 17.1. The number of hydrogen-bond donors (Lipinski definition) is 1. The maximum atomic E-state index is 12.7. The average molecular weight is 411 g/mol. The summed E-state index contributed by atoms with van der Waals surface area (Å²) in [5.74, 6) is -0.136. The molecule has 0 saturated heterocycles. The first-order valence-corrected chi connectivity index (χ1v) is 10.3. The van der Waals surface area contributed by atoms with Crippen LogP contribution in [0.5, 0.6) is 0 Å². The summed E-state index contributed by atoms with van der Waals surface area (Å²) >= 11 is 1.37. The number of thioether (sulfide) groups is 1. The summed E-state index contributed by atoms with van der Waals surface area (Å²) in [6.45, 7) is 1.84. The van der Waals surface area contributed by atoms with Crippen LogP contribution in [0, 0.1) is 11.3 Å². The number of benzene rings is 3. The van der Waals surface area contributed by atoms with Crippen molar-refractivity contribution in [1.29, 1.82) is 5.26 Å². The number of aromatic nitrogens is 2. The lowest BCUT2D eigenvalue weighted by atomic mass is 10.1. The number of amides is 1. The minimum Gasteiger partial charge on any atom is -0.325 e. The molecule has 0 aliphatic rings. The maximum absolute atomic E-state index is 12.7. The van der Waals surface area contributed by atoms with Gasteiger partial charge in [0.2, 0.25) is 5.91 Å². The number of nitriles is 1. The number of hydrogen-bond acceptors (Lipinski definition) is 5. The van der Waals surface area contributed by atoms with E-state index in [9.17, 15) is 4.79 Å².